The van der Waals surface area contributed by atoms with E-state index in [1.165, 1.54) is 16.0 Å². The number of anilines is 1. The van der Waals surface area contributed by atoms with Crippen LogP contribution in [0.3, 0.4) is 0 Å². The van der Waals surface area contributed by atoms with Gasteiger partial charge in [0, 0.05) is 12.7 Å². The lowest BCUT2D eigenvalue weighted by Gasteiger charge is -2.17. The van der Waals surface area contributed by atoms with Gasteiger partial charge in [-0.05, 0) is 42.5 Å². The van der Waals surface area contributed by atoms with Gasteiger partial charge in [0.1, 0.15) is 6.42 Å². The van der Waals surface area contributed by atoms with E-state index in [-0.39, 0.29) is 0 Å². The van der Waals surface area contributed by atoms with Crippen molar-refractivity contribution in [2.45, 2.75) is 25.7 Å². The standard InChI is InChI=1S/C13H15NO3/c1-14(12(15)8-13(16)17)11-6-5-9-3-2-4-10(9)7-11/h5-7H,2-4,8H2,1H3,(H,16,17). The summed E-state index contributed by atoms with van der Waals surface area (Å²) < 4.78 is 0. The van der Waals surface area contributed by atoms with Crippen LogP contribution < -0.4 is 4.90 Å². The summed E-state index contributed by atoms with van der Waals surface area (Å²) in [5.74, 6) is -1.49. The summed E-state index contributed by atoms with van der Waals surface area (Å²) in [6.45, 7) is 0. The fourth-order valence-electron chi connectivity index (χ4n) is 2.16. The van der Waals surface area contributed by atoms with Crippen LogP contribution >= 0.6 is 0 Å². The summed E-state index contributed by atoms with van der Waals surface area (Å²) in [6, 6.07) is 5.90. The summed E-state index contributed by atoms with van der Waals surface area (Å²) in [5.41, 5.74) is 3.39. The van der Waals surface area contributed by atoms with Gasteiger partial charge in [-0.2, -0.15) is 0 Å². The maximum absolute atomic E-state index is 11.6. The number of fused-ring (bicyclic) bond motifs is 1. The van der Waals surface area contributed by atoms with E-state index in [1.807, 2.05) is 18.2 Å². The highest BCUT2D eigenvalue weighted by molar-refractivity contribution is 6.02. The molecule has 0 saturated heterocycles. The van der Waals surface area contributed by atoms with Gasteiger partial charge in [0.2, 0.25) is 5.91 Å². The zero-order valence-corrected chi connectivity index (χ0v) is 9.77. The van der Waals surface area contributed by atoms with E-state index < -0.39 is 18.3 Å². The summed E-state index contributed by atoms with van der Waals surface area (Å²) in [5, 5.41) is 8.59. The van der Waals surface area contributed by atoms with Crippen molar-refractivity contribution in [1.82, 2.24) is 0 Å². The molecule has 2 rings (SSSR count). The van der Waals surface area contributed by atoms with Crippen LogP contribution in [-0.4, -0.2) is 24.0 Å². The van der Waals surface area contributed by atoms with Crippen molar-refractivity contribution >= 4 is 17.6 Å². The van der Waals surface area contributed by atoms with Crippen molar-refractivity contribution in [2.75, 3.05) is 11.9 Å². The molecule has 1 amide bonds. The topological polar surface area (TPSA) is 57.6 Å². The van der Waals surface area contributed by atoms with Gasteiger partial charge in [0.25, 0.3) is 0 Å². The third kappa shape index (κ3) is 2.46. The molecule has 1 aromatic rings. The summed E-state index contributed by atoms with van der Waals surface area (Å²) in [4.78, 5) is 23.5. The van der Waals surface area contributed by atoms with Crippen LogP contribution in [0.2, 0.25) is 0 Å². The van der Waals surface area contributed by atoms with Gasteiger partial charge in [-0.3, -0.25) is 9.59 Å². The molecule has 0 spiro atoms. The number of nitrogens with zero attached hydrogens (tertiary/aromatic N) is 1. The Hall–Kier alpha value is -1.84. The lowest BCUT2D eigenvalue weighted by molar-refractivity contribution is -0.140. The van der Waals surface area contributed by atoms with E-state index in [1.54, 1.807) is 7.05 Å². The zero-order valence-electron chi connectivity index (χ0n) is 9.77. The molecule has 0 fully saturated rings. The quantitative estimate of drug-likeness (QED) is 0.807. The van der Waals surface area contributed by atoms with Crippen molar-refractivity contribution in [3.8, 4) is 0 Å². The fraction of sp³-hybridized carbons (Fsp3) is 0.385. The minimum absolute atomic E-state index is 0.393. The number of rotatable bonds is 3. The van der Waals surface area contributed by atoms with E-state index >= 15 is 0 Å². The highest BCUT2D eigenvalue weighted by atomic mass is 16.4. The Kier molecular flexibility index (Phi) is 3.13. The molecular weight excluding hydrogens is 218 g/mol. The first-order chi connectivity index (χ1) is 8.08. The summed E-state index contributed by atoms with van der Waals surface area (Å²) >= 11 is 0. The number of benzene rings is 1. The Morgan fingerprint density at radius 1 is 1.29 bits per heavy atom. The molecule has 0 atom stereocenters. The number of carbonyl (C=O) groups excluding carboxylic acids is 1. The number of aliphatic carboxylic acids is 1. The fourth-order valence-corrected chi connectivity index (χ4v) is 2.16. The Balaban J connectivity index is 2.17. The van der Waals surface area contributed by atoms with Crippen LogP contribution in [0.1, 0.15) is 24.0 Å². The van der Waals surface area contributed by atoms with E-state index in [0.717, 1.165) is 24.9 Å². The minimum Gasteiger partial charge on any atom is -0.481 e. The average molecular weight is 233 g/mol. The van der Waals surface area contributed by atoms with Gasteiger partial charge in [0.05, 0.1) is 0 Å². The first kappa shape index (κ1) is 11.6. The molecule has 90 valence electrons. The number of amides is 1. The largest absolute Gasteiger partial charge is 0.481 e. The molecule has 0 radical (unpaired) electrons. The van der Waals surface area contributed by atoms with Gasteiger partial charge >= 0.3 is 5.97 Å². The predicted molar refractivity (Wildman–Crippen MR) is 64.1 cm³/mol. The highest BCUT2D eigenvalue weighted by Gasteiger charge is 2.17. The Morgan fingerprint density at radius 3 is 2.71 bits per heavy atom. The first-order valence-electron chi connectivity index (χ1n) is 5.68. The molecule has 0 unspecified atom stereocenters. The summed E-state index contributed by atoms with van der Waals surface area (Å²) in [7, 11) is 1.61. The SMILES string of the molecule is CN(C(=O)CC(=O)O)c1ccc2c(c1)CCC2. The van der Waals surface area contributed by atoms with E-state index in [9.17, 15) is 9.59 Å². The van der Waals surface area contributed by atoms with Gasteiger partial charge < -0.3 is 10.0 Å². The number of hydrogen-bond donors (Lipinski definition) is 1. The van der Waals surface area contributed by atoms with Crippen LogP contribution in [0.4, 0.5) is 5.69 Å². The van der Waals surface area contributed by atoms with E-state index in [0.29, 0.717) is 0 Å². The molecule has 0 aromatic heterocycles. The van der Waals surface area contributed by atoms with Gasteiger partial charge in [-0.1, -0.05) is 6.07 Å². The lowest BCUT2D eigenvalue weighted by Crippen LogP contribution is -2.28. The van der Waals surface area contributed by atoms with Crippen LogP contribution in [0.15, 0.2) is 18.2 Å². The van der Waals surface area contributed by atoms with Crippen LogP contribution in [-0.2, 0) is 22.4 Å². The van der Waals surface area contributed by atoms with Gasteiger partial charge in [0.15, 0.2) is 0 Å². The normalized spacial score (nSPS) is 13.2. The molecular formula is C13H15NO3. The number of carbonyl (C=O) groups is 2. The second-order valence-electron chi connectivity index (χ2n) is 4.33. The van der Waals surface area contributed by atoms with Gasteiger partial charge in [-0.15, -0.1) is 0 Å². The monoisotopic (exact) mass is 233 g/mol. The predicted octanol–water partition coefficient (Wildman–Crippen LogP) is 1.61. The van der Waals surface area contributed by atoms with Crippen molar-refractivity contribution in [3.63, 3.8) is 0 Å². The molecule has 1 aliphatic rings. The average Bonchev–Trinajstić information content (AvgIpc) is 2.73. The Bertz CT molecular complexity index is 468. The molecule has 4 heteroatoms. The Labute approximate surface area is 99.9 Å². The Morgan fingerprint density at radius 2 is 2.00 bits per heavy atom. The molecule has 1 aliphatic carbocycles. The van der Waals surface area contributed by atoms with Crippen molar-refractivity contribution in [1.29, 1.82) is 0 Å². The lowest BCUT2D eigenvalue weighted by atomic mass is 10.1. The van der Waals surface area contributed by atoms with Crippen LogP contribution in [0, 0.1) is 0 Å². The molecule has 1 aromatic carbocycles. The summed E-state index contributed by atoms with van der Waals surface area (Å²) in [6.07, 6.45) is 2.84. The third-order valence-corrected chi connectivity index (χ3v) is 3.15. The first-order valence-corrected chi connectivity index (χ1v) is 5.68. The third-order valence-electron chi connectivity index (χ3n) is 3.15. The molecule has 0 aliphatic heterocycles. The molecule has 0 saturated carbocycles. The molecule has 0 bridgehead atoms. The van der Waals surface area contributed by atoms with Crippen molar-refractivity contribution in [3.05, 3.63) is 29.3 Å². The molecule has 1 N–H and O–H groups in total. The molecule has 4 nitrogen and oxygen atoms in total. The second-order valence-corrected chi connectivity index (χ2v) is 4.33. The number of carboxylic acid groups (broad SMARTS) is 1. The maximum Gasteiger partial charge on any atom is 0.312 e. The van der Waals surface area contributed by atoms with Crippen molar-refractivity contribution < 1.29 is 14.7 Å². The smallest absolute Gasteiger partial charge is 0.312 e. The second kappa shape index (κ2) is 4.57. The van der Waals surface area contributed by atoms with E-state index in [2.05, 4.69) is 0 Å². The number of hydrogen-bond acceptors (Lipinski definition) is 2. The van der Waals surface area contributed by atoms with Crippen molar-refractivity contribution in [2.24, 2.45) is 0 Å². The number of carboxylic acids is 1. The van der Waals surface area contributed by atoms with Gasteiger partial charge in [-0.25, -0.2) is 0 Å². The molecule has 17 heavy (non-hydrogen) atoms. The highest BCUT2D eigenvalue weighted by Crippen LogP contribution is 2.26. The maximum atomic E-state index is 11.6. The van der Waals surface area contributed by atoms with E-state index in [4.69, 9.17) is 5.11 Å². The number of aryl methyl sites for hydroxylation is 2. The zero-order chi connectivity index (χ0) is 12.4. The minimum atomic E-state index is -1.09. The van der Waals surface area contributed by atoms with Crippen LogP contribution in [0.25, 0.3) is 0 Å². The molecule has 0 heterocycles. The van der Waals surface area contributed by atoms with Crippen LogP contribution in [0.5, 0.6) is 0 Å².